The molecule has 0 radical (unpaired) electrons. The van der Waals surface area contributed by atoms with Crippen molar-refractivity contribution in [2.45, 2.75) is 39.0 Å². The van der Waals surface area contributed by atoms with Crippen molar-refractivity contribution in [1.29, 1.82) is 0 Å². The van der Waals surface area contributed by atoms with Crippen molar-refractivity contribution in [3.05, 3.63) is 45.7 Å². The van der Waals surface area contributed by atoms with Crippen LogP contribution in [-0.2, 0) is 6.54 Å². The fraction of sp³-hybridized carbons (Fsp3) is 0.400. The van der Waals surface area contributed by atoms with Crippen LogP contribution in [0, 0.1) is 0 Å². The second kappa shape index (κ2) is 7.29. The molecule has 4 nitrogen and oxygen atoms in total. The quantitative estimate of drug-likeness (QED) is 0.825. The van der Waals surface area contributed by atoms with Crippen LogP contribution in [0.5, 0.6) is 5.75 Å². The molecule has 0 aliphatic carbocycles. The summed E-state index contributed by atoms with van der Waals surface area (Å²) in [6.07, 6.45) is 1.43. The minimum Gasteiger partial charge on any atom is -0.488 e. The minimum absolute atomic E-state index is 0.424. The molecule has 0 amide bonds. The molecule has 2 rings (SSSR count). The predicted octanol–water partition coefficient (Wildman–Crippen LogP) is 4.21. The van der Waals surface area contributed by atoms with E-state index in [1.807, 2.05) is 19.1 Å². The van der Waals surface area contributed by atoms with E-state index >= 15 is 0 Å². The number of nitrogens with zero attached hydrogens (tertiary/aromatic N) is 2. The average molecular weight is 374 g/mol. The Labute approximate surface area is 137 Å². The Hall–Kier alpha value is -1.04. The second-order valence-electron chi connectivity index (χ2n) is 4.83. The van der Waals surface area contributed by atoms with Gasteiger partial charge in [-0.2, -0.15) is 5.10 Å². The lowest BCUT2D eigenvalue weighted by molar-refractivity contribution is 0.0400. The van der Waals surface area contributed by atoms with Crippen LogP contribution in [0.1, 0.15) is 32.1 Å². The van der Waals surface area contributed by atoms with Crippen molar-refractivity contribution in [2.24, 2.45) is 0 Å². The van der Waals surface area contributed by atoms with E-state index in [2.05, 4.69) is 28.0 Å². The van der Waals surface area contributed by atoms with Crippen molar-refractivity contribution >= 4 is 27.5 Å². The van der Waals surface area contributed by atoms with E-state index in [1.54, 1.807) is 23.0 Å². The molecule has 0 aliphatic heterocycles. The molecule has 1 aromatic carbocycles. The number of ether oxygens (including phenoxy) is 1. The van der Waals surface area contributed by atoms with Crippen LogP contribution in [0.15, 0.2) is 34.9 Å². The molecule has 0 bridgehead atoms. The number of hydrogen-bond donors (Lipinski definition) is 1. The maximum Gasteiger partial charge on any atom is 0.133 e. The highest BCUT2D eigenvalue weighted by molar-refractivity contribution is 9.10. The smallest absolute Gasteiger partial charge is 0.133 e. The topological polar surface area (TPSA) is 47.3 Å². The Bertz CT molecular complexity index is 603. The first-order chi connectivity index (χ1) is 10.0. The van der Waals surface area contributed by atoms with Gasteiger partial charge in [0, 0.05) is 11.6 Å². The summed E-state index contributed by atoms with van der Waals surface area (Å²) < 4.78 is 8.35. The molecule has 1 N–H and O–H groups in total. The third-order valence-electron chi connectivity index (χ3n) is 3.11. The van der Waals surface area contributed by atoms with Gasteiger partial charge in [-0.3, -0.25) is 4.68 Å². The molecule has 114 valence electrons. The van der Waals surface area contributed by atoms with Gasteiger partial charge in [-0.25, -0.2) is 0 Å². The van der Waals surface area contributed by atoms with Crippen LogP contribution < -0.4 is 4.74 Å². The molecule has 0 aliphatic rings. The van der Waals surface area contributed by atoms with E-state index in [0.29, 0.717) is 10.8 Å². The van der Waals surface area contributed by atoms with E-state index in [1.165, 1.54) is 0 Å². The first-order valence-electron chi connectivity index (χ1n) is 6.84. The molecule has 1 aromatic heterocycles. The Kier molecular flexibility index (Phi) is 5.67. The van der Waals surface area contributed by atoms with Crippen molar-refractivity contribution in [1.82, 2.24) is 9.78 Å². The normalized spacial score (nSPS) is 14.0. The van der Waals surface area contributed by atoms with E-state index in [0.717, 1.165) is 23.1 Å². The Morgan fingerprint density at radius 3 is 2.90 bits per heavy atom. The average Bonchev–Trinajstić information content (AvgIpc) is 2.79. The number of benzene rings is 1. The Morgan fingerprint density at radius 1 is 1.48 bits per heavy atom. The maximum atomic E-state index is 10.5. The zero-order valence-corrected chi connectivity index (χ0v) is 14.3. The number of hydrogen-bond acceptors (Lipinski definition) is 3. The molecule has 0 fully saturated rings. The third kappa shape index (κ3) is 3.99. The van der Waals surface area contributed by atoms with E-state index < -0.39 is 12.2 Å². The summed E-state index contributed by atoms with van der Waals surface area (Å²) in [6.45, 7) is 4.64. The van der Waals surface area contributed by atoms with Crippen LogP contribution in [-0.4, -0.2) is 21.0 Å². The number of aliphatic hydroxyl groups excluding tert-OH is 1. The van der Waals surface area contributed by atoms with Gasteiger partial charge in [0.25, 0.3) is 0 Å². The highest BCUT2D eigenvalue weighted by Gasteiger charge is 2.24. The summed E-state index contributed by atoms with van der Waals surface area (Å²) in [5.41, 5.74) is 0.728. The zero-order valence-electron chi connectivity index (χ0n) is 12.0. The standard InChI is InChI=1S/C15H18BrClN2O2/c1-3-7-19-14(13(16)9-18-19)15(20)10(2)21-12-6-4-5-11(17)8-12/h4-6,8-10,15,20H,3,7H2,1-2H3. The number of rotatable bonds is 6. The molecule has 2 atom stereocenters. The molecule has 2 unspecified atom stereocenters. The summed E-state index contributed by atoms with van der Waals surface area (Å²) in [5.74, 6) is 0.631. The van der Waals surface area contributed by atoms with Gasteiger partial charge in [0.05, 0.1) is 16.4 Å². The van der Waals surface area contributed by atoms with Gasteiger partial charge in [-0.15, -0.1) is 0 Å². The predicted molar refractivity (Wildman–Crippen MR) is 86.7 cm³/mol. The summed E-state index contributed by atoms with van der Waals surface area (Å²) in [4.78, 5) is 0. The summed E-state index contributed by atoms with van der Waals surface area (Å²) in [5, 5.41) is 15.4. The minimum atomic E-state index is -0.785. The van der Waals surface area contributed by atoms with Gasteiger partial charge in [0.15, 0.2) is 0 Å². The van der Waals surface area contributed by atoms with Crippen LogP contribution in [0.4, 0.5) is 0 Å². The van der Waals surface area contributed by atoms with E-state index in [4.69, 9.17) is 16.3 Å². The van der Waals surface area contributed by atoms with Gasteiger partial charge in [0.1, 0.15) is 18.0 Å². The summed E-state index contributed by atoms with van der Waals surface area (Å²) in [6, 6.07) is 7.13. The van der Waals surface area contributed by atoms with Gasteiger partial charge in [-0.05, 0) is 47.5 Å². The van der Waals surface area contributed by atoms with Crippen LogP contribution in [0.3, 0.4) is 0 Å². The number of aliphatic hydroxyl groups is 1. The summed E-state index contributed by atoms with van der Waals surface area (Å²) in [7, 11) is 0. The first-order valence-corrected chi connectivity index (χ1v) is 8.01. The lowest BCUT2D eigenvalue weighted by Gasteiger charge is -2.22. The fourth-order valence-corrected chi connectivity index (χ4v) is 2.81. The van der Waals surface area contributed by atoms with Crippen molar-refractivity contribution < 1.29 is 9.84 Å². The number of halogens is 2. The molecule has 1 heterocycles. The van der Waals surface area contributed by atoms with Crippen molar-refractivity contribution in [3.8, 4) is 5.75 Å². The molecule has 2 aromatic rings. The van der Waals surface area contributed by atoms with E-state index in [-0.39, 0.29) is 0 Å². The fourth-order valence-electron chi connectivity index (χ4n) is 2.10. The zero-order chi connectivity index (χ0) is 15.4. The lowest BCUT2D eigenvalue weighted by Crippen LogP contribution is -2.24. The summed E-state index contributed by atoms with van der Waals surface area (Å²) >= 11 is 9.37. The molecule has 6 heteroatoms. The molecule has 0 saturated carbocycles. The van der Waals surface area contributed by atoms with Gasteiger partial charge in [-0.1, -0.05) is 24.6 Å². The van der Waals surface area contributed by atoms with Gasteiger partial charge >= 0.3 is 0 Å². The van der Waals surface area contributed by atoms with Gasteiger partial charge < -0.3 is 9.84 Å². The van der Waals surface area contributed by atoms with Crippen LogP contribution in [0.25, 0.3) is 0 Å². The molecule has 0 saturated heterocycles. The van der Waals surface area contributed by atoms with Crippen molar-refractivity contribution in [3.63, 3.8) is 0 Å². The molecular formula is C15H18BrClN2O2. The van der Waals surface area contributed by atoms with Gasteiger partial charge in [0.2, 0.25) is 0 Å². The van der Waals surface area contributed by atoms with Crippen LogP contribution >= 0.6 is 27.5 Å². The second-order valence-corrected chi connectivity index (χ2v) is 6.12. The number of aromatic nitrogens is 2. The molecule has 0 spiro atoms. The van der Waals surface area contributed by atoms with Crippen molar-refractivity contribution in [2.75, 3.05) is 0 Å². The monoisotopic (exact) mass is 372 g/mol. The Balaban J connectivity index is 2.15. The van der Waals surface area contributed by atoms with E-state index in [9.17, 15) is 5.11 Å². The third-order valence-corrected chi connectivity index (χ3v) is 3.96. The maximum absolute atomic E-state index is 10.5. The largest absolute Gasteiger partial charge is 0.488 e. The SMILES string of the molecule is CCCn1ncc(Br)c1C(O)C(C)Oc1cccc(Cl)c1. The Morgan fingerprint density at radius 2 is 2.24 bits per heavy atom. The highest BCUT2D eigenvalue weighted by atomic mass is 79.9. The molecular weight excluding hydrogens is 356 g/mol. The first kappa shape index (κ1) is 16.3. The molecule has 21 heavy (non-hydrogen) atoms. The number of aryl methyl sites for hydroxylation is 1. The highest BCUT2D eigenvalue weighted by Crippen LogP contribution is 2.28. The van der Waals surface area contributed by atoms with Crippen LogP contribution in [0.2, 0.25) is 5.02 Å². The lowest BCUT2D eigenvalue weighted by atomic mass is 10.1.